The number of benzene rings is 3. The van der Waals surface area contributed by atoms with Crippen molar-refractivity contribution in [2.75, 3.05) is 45.4 Å². The van der Waals surface area contributed by atoms with Crippen LogP contribution in [0.1, 0.15) is 79.2 Å². The molecule has 0 aromatic heterocycles. The number of fused-ring (bicyclic) bond motifs is 3. The van der Waals surface area contributed by atoms with E-state index in [0.29, 0.717) is 19.7 Å². The minimum Gasteiger partial charge on any atom is -0.507 e. The largest absolute Gasteiger partial charge is 0.507 e. The first-order valence-corrected chi connectivity index (χ1v) is 20.3. The predicted molar refractivity (Wildman–Crippen MR) is 219 cm³/mol. The molecule has 6 N–H and O–H groups in total. The molecule has 0 saturated carbocycles. The summed E-state index contributed by atoms with van der Waals surface area (Å²) in [4.78, 5) is 69.3. The standard InChI is InChI=1S/C43H43ClN4O15/c1-19-37(52)25(47-9-10-61-32(17-47)60-3)14-31(62-19)63-27-16-43(58,28(18-49)45-46-42(57)20-11-21(44)13-22(12-20)48-29(50)7-8-30(48)51)15-24-34(27)41(56)36-35(39(24)54)38(53)23-5-4-6-26(59-2)33(23)40(36)55/h4-8,11-13,19,25,27,31-32,37,49,52,54,56,58H,9-10,14-18H2,1-3H3,(H,46,57)/b45-28+/t19-,25?,27-,31-,32-,37+,43-/m0/s1. The molecule has 3 aromatic rings. The number of aromatic hydroxyl groups is 2. The molecule has 3 aliphatic heterocycles. The van der Waals surface area contributed by atoms with Gasteiger partial charge in [0, 0.05) is 84.9 Å². The average molecular weight is 891 g/mol. The third-order valence-electron chi connectivity index (χ3n) is 12.1. The molecule has 0 radical (unpaired) electrons. The highest BCUT2D eigenvalue weighted by Crippen LogP contribution is 2.53. The van der Waals surface area contributed by atoms with Crippen molar-refractivity contribution in [1.82, 2.24) is 10.3 Å². The van der Waals surface area contributed by atoms with Crippen molar-refractivity contribution in [3.8, 4) is 17.2 Å². The number of anilines is 1. The van der Waals surface area contributed by atoms with Crippen LogP contribution in [0.5, 0.6) is 17.2 Å². The molecule has 332 valence electrons. The number of hydrogen-bond acceptors (Lipinski definition) is 17. The molecule has 8 rings (SSSR count). The van der Waals surface area contributed by atoms with E-state index < -0.39 is 120 Å². The van der Waals surface area contributed by atoms with Gasteiger partial charge in [0.25, 0.3) is 17.7 Å². The van der Waals surface area contributed by atoms with E-state index in [4.69, 9.17) is 35.3 Å². The number of methoxy groups -OCH3 is 2. The molecule has 1 unspecified atom stereocenters. The van der Waals surface area contributed by atoms with E-state index in [-0.39, 0.29) is 50.7 Å². The molecule has 19 nitrogen and oxygen atoms in total. The van der Waals surface area contributed by atoms with Crippen molar-refractivity contribution in [2.45, 2.75) is 68.7 Å². The van der Waals surface area contributed by atoms with Gasteiger partial charge in [-0.25, -0.2) is 10.3 Å². The molecule has 2 saturated heterocycles. The van der Waals surface area contributed by atoms with Gasteiger partial charge < -0.3 is 49.2 Å². The van der Waals surface area contributed by atoms with Crippen LogP contribution in [-0.2, 0) is 35.0 Å². The summed E-state index contributed by atoms with van der Waals surface area (Å²) in [6.45, 7) is 1.74. The first kappa shape index (κ1) is 44.0. The molecule has 20 heteroatoms. The number of imide groups is 1. The monoisotopic (exact) mass is 890 g/mol. The average Bonchev–Trinajstić information content (AvgIpc) is 3.61. The number of aliphatic hydroxyl groups excluding tert-OH is 2. The van der Waals surface area contributed by atoms with Gasteiger partial charge in [0.05, 0.1) is 66.7 Å². The number of ketones is 2. The zero-order valence-electron chi connectivity index (χ0n) is 34.1. The molecule has 3 amide bonds. The summed E-state index contributed by atoms with van der Waals surface area (Å²) in [5, 5.41) is 62.7. The number of amides is 3. The van der Waals surface area contributed by atoms with Crippen LogP contribution in [0.25, 0.3) is 0 Å². The number of aliphatic hydroxyl groups is 3. The Balaban J connectivity index is 1.18. The second-order valence-electron chi connectivity index (χ2n) is 15.7. The number of phenolic OH excluding ortho intramolecular Hbond substituents is 2. The highest BCUT2D eigenvalue weighted by Gasteiger charge is 2.50. The van der Waals surface area contributed by atoms with Crippen molar-refractivity contribution in [3.05, 3.63) is 92.5 Å². The third-order valence-corrected chi connectivity index (χ3v) is 12.3. The Labute approximate surface area is 364 Å². The second kappa shape index (κ2) is 17.2. The quantitative estimate of drug-likeness (QED) is 0.0572. The number of phenols is 2. The zero-order valence-corrected chi connectivity index (χ0v) is 34.8. The SMILES string of the molecule is COc1cccc2c1C(=O)c1c(O)c3c(c(O)c1C2=O)C[C@@](O)(/C(CO)=N/NC(=O)c1cc(Cl)cc(N2C(=O)C=CC2=O)c1)C[C@@H]3O[C@H]1CC(N2CCO[C@H](OC)C2)[C@H](O)[C@H](C)O1. The summed E-state index contributed by atoms with van der Waals surface area (Å²) in [6, 6.07) is 7.53. The molecule has 3 aromatic carbocycles. The van der Waals surface area contributed by atoms with Crippen molar-refractivity contribution >= 4 is 52.3 Å². The van der Waals surface area contributed by atoms with Crippen LogP contribution < -0.4 is 15.1 Å². The summed E-state index contributed by atoms with van der Waals surface area (Å²) in [6.07, 6.45) is -3.95. The van der Waals surface area contributed by atoms with Crippen molar-refractivity contribution < 1.29 is 73.2 Å². The zero-order chi connectivity index (χ0) is 45.1. The number of carbonyl (C=O) groups excluding carboxylic acids is 5. The van der Waals surface area contributed by atoms with Gasteiger partial charge >= 0.3 is 0 Å². The molecule has 5 aliphatic rings. The van der Waals surface area contributed by atoms with Crippen molar-refractivity contribution in [3.63, 3.8) is 0 Å². The number of rotatable bonds is 10. The van der Waals surface area contributed by atoms with E-state index in [1.165, 1.54) is 50.6 Å². The van der Waals surface area contributed by atoms with Crippen molar-refractivity contribution in [2.24, 2.45) is 5.10 Å². The normalized spacial score (nSPS) is 27.3. The fraction of sp³-hybridized carbons (Fsp3) is 0.395. The van der Waals surface area contributed by atoms with Crippen molar-refractivity contribution in [1.29, 1.82) is 0 Å². The fourth-order valence-corrected chi connectivity index (χ4v) is 9.18. The summed E-state index contributed by atoms with van der Waals surface area (Å²) >= 11 is 6.26. The lowest BCUT2D eigenvalue weighted by molar-refractivity contribution is -0.265. The van der Waals surface area contributed by atoms with Crippen LogP contribution in [0, 0.1) is 0 Å². The Morgan fingerprint density at radius 2 is 1.75 bits per heavy atom. The number of ether oxygens (including phenoxy) is 5. The summed E-state index contributed by atoms with van der Waals surface area (Å²) in [5.41, 5.74) is -2.33. The molecular formula is C43H43ClN4O15. The Kier molecular flexibility index (Phi) is 12.0. The summed E-state index contributed by atoms with van der Waals surface area (Å²) < 4.78 is 29.1. The van der Waals surface area contributed by atoms with Crippen LogP contribution in [0.3, 0.4) is 0 Å². The van der Waals surface area contributed by atoms with Crippen LogP contribution >= 0.6 is 11.6 Å². The van der Waals surface area contributed by atoms with Gasteiger partial charge in [-0.2, -0.15) is 5.10 Å². The topological polar surface area (TPSA) is 264 Å². The first-order chi connectivity index (χ1) is 30.1. The van der Waals surface area contributed by atoms with Gasteiger partial charge in [-0.1, -0.05) is 23.7 Å². The highest BCUT2D eigenvalue weighted by atomic mass is 35.5. The summed E-state index contributed by atoms with van der Waals surface area (Å²) in [5.74, 6) is -5.29. The predicted octanol–water partition coefficient (Wildman–Crippen LogP) is 1.65. The highest BCUT2D eigenvalue weighted by molar-refractivity contribution is 6.33. The fourth-order valence-electron chi connectivity index (χ4n) is 8.95. The van der Waals surface area contributed by atoms with E-state index in [0.717, 1.165) is 17.1 Å². The van der Waals surface area contributed by atoms with Crippen LogP contribution in [0.4, 0.5) is 5.69 Å². The van der Waals surface area contributed by atoms with Gasteiger partial charge in [-0.15, -0.1) is 0 Å². The van der Waals surface area contributed by atoms with Crippen LogP contribution in [0.15, 0.2) is 53.7 Å². The number of hydrazone groups is 1. The van der Waals surface area contributed by atoms with Gasteiger partial charge in [-0.3, -0.25) is 28.9 Å². The molecular weight excluding hydrogens is 848 g/mol. The Morgan fingerprint density at radius 3 is 2.44 bits per heavy atom. The maximum Gasteiger partial charge on any atom is 0.271 e. The molecule has 3 heterocycles. The number of halogens is 1. The van der Waals surface area contributed by atoms with E-state index in [1.807, 2.05) is 4.90 Å². The molecule has 2 fully saturated rings. The van der Waals surface area contributed by atoms with E-state index in [1.54, 1.807) is 6.92 Å². The first-order valence-electron chi connectivity index (χ1n) is 19.9. The number of nitrogens with one attached hydrogen (secondary N) is 1. The molecule has 0 spiro atoms. The van der Waals surface area contributed by atoms with Crippen LogP contribution in [0.2, 0.25) is 5.02 Å². The van der Waals surface area contributed by atoms with E-state index in [9.17, 15) is 49.5 Å². The van der Waals surface area contributed by atoms with Gasteiger partial charge in [-0.05, 0) is 31.2 Å². The second-order valence-corrected chi connectivity index (χ2v) is 16.2. The maximum absolute atomic E-state index is 14.2. The Morgan fingerprint density at radius 1 is 1.02 bits per heavy atom. The van der Waals surface area contributed by atoms with Gasteiger partial charge in [0.1, 0.15) is 22.8 Å². The summed E-state index contributed by atoms with van der Waals surface area (Å²) in [7, 11) is 2.81. The lowest BCUT2D eigenvalue weighted by atomic mass is 9.71. The third kappa shape index (κ3) is 7.78. The smallest absolute Gasteiger partial charge is 0.271 e. The molecule has 7 atom stereocenters. The maximum atomic E-state index is 14.2. The minimum atomic E-state index is -2.30. The number of hydrogen-bond donors (Lipinski definition) is 6. The molecule has 63 heavy (non-hydrogen) atoms. The number of morpholine rings is 1. The minimum absolute atomic E-state index is 0.00429. The number of nitrogens with zero attached hydrogens (tertiary/aromatic N) is 3. The molecule has 0 bridgehead atoms. The van der Waals surface area contributed by atoms with Gasteiger partial charge in [0.2, 0.25) is 5.78 Å². The Hall–Kier alpha value is -5.61. The lowest BCUT2D eigenvalue weighted by Crippen LogP contribution is -2.59. The van der Waals surface area contributed by atoms with E-state index >= 15 is 0 Å². The molecule has 2 aliphatic carbocycles. The number of carbonyl (C=O) groups is 5. The lowest BCUT2D eigenvalue weighted by Gasteiger charge is -2.47. The van der Waals surface area contributed by atoms with Crippen LogP contribution in [-0.4, -0.2) is 142 Å². The van der Waals surface area contributed by atoms with E-state index in [2.05, 4.69) is 10.5 Å². The Bertz CT molecular complexity index is 2480. The van der Waals surface area contributed by atoms with Gasteiger partial charge in [0.15, 0.2) is 18.4 Å².